The lowest BCUT2D eigenvalue weighted by Crippen LogP contribution is -2.30. The van der Waals surface area contributed by atoms with Crippen LogP contribution in [-0.2, 0) is 16.1 Å². The van der Waals surface area contributed by atoms with E-state index in [-0.39, 0.29) is 18.4 Å². The molecule has 0 bridgehead atoms. The number of thioether (sulfide) groups is 1. The van der Waals surface area contributed by atoms with Crippen molar-refractivity contribution in [2.75, 3.05) is 0 Å². The van der Waals surface area contributed by atoms with Crippen LogP contribution in [0.1, 0.15) is 11.1 Å². The van der Waals surface area contributed by atoms with Crippen LogP contribution in [0.2, 0.25) is 10.0 Å². The maximum absolute atomic E-state index is 13.2. The molecule has 4 rings (SSSR count). The third-order valence-corrected chi connectivity index (χ3v) is 6.07. The summed E-state index contributed by atoms with van der Waals surface area (Å²) in [7, 11) is 0. The van der Waals surface area contributed by atoms with Crippen molar-refractivity contribution in [3.8, 4) is 0 Å². The van der Waals surface area contributed by atoms with E-state index in [1.807, 2.05) is 42.5 Å². The van der Waals surface area contributed by atoms with E-state index in [1.54, 1.807) is 36.4 Å². The molecule has 0 radical (unpaired) electrons. The highest BCUT2D eigenvalue weighted by molar-refractivity contribution is 8.04. The Morgan fingerprint density at radius 2 is 1.31 bits per heavy atom. The number of carbonyl (C=O) groups is 2. The molecule has 0 atom stereocenters. The lowest BCUT2D eigenvalue weighted by Gasteiger charge is -2.15. The number of amides is 2. The number of carbonyl (C=O) groups excluding carboxylic acids is 2. The van der Waals surface area contributed by atoms with Gasteiger partial charge in [-0.15, -0.1) is 0 Å². The maximum atomic E-state index is 13.2. The fourth-order valence-corrected chi connectivity index (χ4v) is 4.31. The zero-order valence-corrected chi connectivity index (χ0v) is 17.5. The Labute approximate surface area is 182 Å². The number of hydrogen-bond acceptors (Lipinski definition) is 3. The second-order valence-electron chi connectivity index (χ2n) is 6.45. The second kappa shape index (κ2) is 8.46. The number of halogens is 2. The first kappa shape index (κ1) is 19.8. The SMILES string of the molecule is O=C1C(Sc2ccc(Cl)cc2)=C(c2ccc(Cl)cc2)C(=O)N1Cc1ccccc1. The van der Waals surface area contributed by atoms with Gasteiger partial charge in [-0.05, 0) is 47.5 Å². The Balaban J connectivity index is 1.74. The monoisotopic (exact) mass is 439 g/mol. The molecule has 0 saturated carbocycles. The van der Waals surface area contributed by atoms with E-state index in [4.69, 9.17) is 23.2 Å². The molecule has 0 saturated heterocycles. The van der Waals surface area contributed by atoms with Crippen LogP contribution in [0.5, 0.6) is 0 Å². The van der Waals surface area contributed by atoms with E-state index in [2.05, 4.69) is 0 Å². The zero-order valence-electron chi connectivity index (χ0n) is 15.1. The molecule has 0 unspecified atom stereocenters. The molecule has 2 amide bonds. The molecule has 0 N–H and O–H groups in total. The van der Waals surface area contributed by atoms with E-state index >= 15 is 0 Å². The Hall–Kier alpha value is -2.53. The van der Waals surface area contributed by atoms with Crippen LogP contribution < -0.4 is 0 Å². The minimum atomic E-state index is -0.308. The molecule has 1 aliphatic heterocycles. The number of rotatable bonds is 5. The van der Waals surface area contributed by atoms with Gasteiger partial charge in [0.15, 0.2) is 0 Å². The fraction of sp³-hybridized carbons (Fsp3) is 0.0435. The summed E-state index contributed by atoms with van der Waals surface area (Å²) in [6.07, 6.45) is 0. The van der Waals surface area contributed by atoms with Crippen molar-refractivity contribution in [3.05, 3.63) is 105 Å². The standard InChI is InChI=1S/C23H15Cl2NO2S/c24-17-8-6-16(7-9-17)20-21(29-19-12-10-18(25)11-13-19)23(28)26(22(20)27)14-15-4-2-1-3-5-15/h1-13H,14H2. The molecule has 0 aromatic heterocycles. The molecule has 1 heterocycles. The summed E-state index contributed by atoms with van der Waals surface area (Å²) in [5, 5.41) is 1.18. The molecular formula is C23H15Cl2NO2S. The van der Waals surface area contributed by atoms with Crippen LogP contribution in [0.25, 0.3) is 5.57 Å². The van der Waals surface area contributed by atoms with Gasteiger partial charge in [-0.25, -0.2) is 0 Å². The fourth-order valence-electron chi connectivity index (χ4n) is 3.05. The maximum Gasteiger partial charge on any atom is 0.268 e. The molecule has 29 heavy (non-hydrogen) atoms. The first-order valence-electron chi connectivity index (χ1n) is 8.86. The number of nitrogens with zero attached hydrogens (tertiary/aromatic N) is 1. The first-order valence-corrected chi connectivity index (χ1v) is 10.4. The Morgan fingerprint density at radius 3 is 1.93 bits per heavy atom. The number of imide groups is 1. The summed E-state index contributed by atoms with van der Waals surface area (Å²) >= 11 is 13.2. The van der Waals surface area contributed by atoms with Crippen molar-refractivity contribution in [2.24, 2.45) is 0 Å². The molecule has 1 aliphatic rings. The van der Waals surface area contributed by atoms with E-state index in [1.165, 1.54) is 16.7 Å². The van der Waals surface area contributed by atoms with Gasteiger partial charge in [-0.1, -0.05) is 77.4 Å². The summed E-state index contributed by atoms with van der Waals surface area (Å²) in [4.78, 5) is 29.0. The predicted molar refractivity (Wildman–Crippen MR) is 118 cm³/mol. The number of benzene rings is 3. The van der Waals surface area contributed by atoms with Crippen LogP contribution in [-0.4, -0.2) is 16.7 Å². The molecule has 3 aromatic rings. The van der Waals surface area contributed by atoms with Crippen molar-refractivity contribution in [1.82, 2.24) is 4.90 Å². The Kier molecular flexibility index (Phi) is 5.76. The smallest absolute Gasteiger partial charge is 0.268 e. The highest BCUT2D eigenvalue weighted by atomic mass is 35.5. The minimum Gasteiger partial charge on any atom is -0.269 e. The highest BCUT2D eigenvalue weighted by Gasteiger charge is 2.39. The van der Waals surface area contributed by atoms with Gasteiger partial charge in [0.05, 0.1) is 17.0 Å². The summed E-state index contributed by atoms with van der Waals surface area (Å²) in [6, 6.07) is 23.6. The van der Waals surface area contributed by atoms with Gasteiger partial charge in [0.2, 0.25) is 0 Å². The summed E-state index contributed by atoms with van der Waals surface area (Å²) in [6.45, 7) is 0.222. The van der Waals surface area contributed by atoms with Gasteiger partial charge in [-0.3, -0.25) is 14.5 Å². The van der Waals surface area contributed by atoms with Crippen molar-refractivity contribution >= 4 is 52.4 Å². The molecule has 144 valence electrons. The summed E-state index contributed by atoms with van der Waals surface area (Å²) in [5.74, 6) is -0.610. The third kappa shape index (κ3) is 4.25. The van der Waals surface area contributed by atoms with Crippen molar-refractivity contribution in [2.45, 2.75) is 11.4 Å². The van der Waals surface area contributed by atoms with Crippen LogP contribution in [0.3, 0.4) is 0 Å². The van der Waals surface area contributed by atoms with Crippen LogP contribution in [0, 0.1) is 0 Å². The topological polar surface area (TPSA) is 37.4 Å². The van der Waals surface area contributed by atoms with E-state index in [9.17, 15) is 9.59 Å². The Bertz CT molecular complexity index is 1090. The largest absolute Gasteiger partial charge is 0.269 e. The molecule has 0 fully saturated rings. The summed E-state index contributed by atoms with van der Waals surface area (Å²) < 4.78 is 0. The molecular weight excluding hydrogens is 425 g/mol. The molecule has 3 nitrogen and oxygen atoms in total. The zero-order chi connectivity index (χ0) is 20.4. The third-order valence-electron chi connectivity index (χ3n) is 4.48. The minimum absolute atomic E-state index is 0.222. The predicted octanol–water partition coefficient (Wildman–Crippen LogP) is 6.07. The van der Waals surface area contributed by atoms with Crippen LogP contribution >= 0.6 is 35.0 Å². The molecule has 6 heteroatoms. The van der Waals surface area contributed by atoms with Crippen LogP contribution in [0.15, 0.2) is 88.7 Å². The van der Waals surface area contributed by atoms with Gasteiger partial charge < -0.3 is 0 Å². The molecule has 0 spiro atoms. The van der Waals surface area contributed by atoms with Gasteiger partial charge in [0, 0.05) is 14.9 Å². The lowest BCUT2D eigenvalue weighted by atomic mass is 10.1. The summed E-state index contributed by atoms with van der Waals surface area (Å²) in [5.41, 5.74) is 1.95. The van der Waals surface area contributed by atoms with Gasteiger partial charge in [0.1, 0.15) is 0 Å². The normalized spacial score (nSPS) is 14.1. The number of hydrogen-bond donors (Lipinski definition) is 0. The van der Waals surface area contributed by atoms with Gasteiger partial charge >= 0.3 is 0 Å². The van der Waals surface area contributed by atoms with Crippen LogP contribution in [0.4, 0.5) is 0 Å². The molecule has 3 aromatic carbocycles. The first-order chi connectivity index (χ1) is 14.0. The van der Waals surface area contributed by atoms with E-state index < -0.39 is 0 Å². The van der Waals surface area contributed by atoms with Gasteiger partial charge in [0.25, 0.3) is 11.8 Å². The van der Waals surface area contributed by atoms with Crippen molar-refractivity contribution in [1.29, 1.82) is 0 Å². The van der Waals surface area contributed by atoms with Crippen molar-refractivity contribution in [3.63, 3.8) is 0 Å². The highest BCUT2D eigenvalue weighted by Crippen LogP contribution is 2.40. The quantitative estimate of drug-likeness (QED) is 0.452. The average molecular weight is 440 g/mol. The average Bonchev–Trinajstić information content (AvgIpc) is 2.95. The van der Waals surface area contributed by atoms with Crippen molar-refractivity contribution < 1.29 is 9.59 Å². The van der Waals surface area contributed by atoms with E-state index in [0.29, 0.717) is 26.1 Å². The van der Waals surface area contributed by atoms with Gasteiger partial charge in [-0.2, -0.15) is 0 Å². The van der Waals surface area contributed by atoms with E-state index in [0.717, 1.165) is 10.5 Å². The lowest BCUT2D eigenvalue weighted by molar-refractivity contribution is -0.137. The molecule has 0 aliphatic carbocycles. The second-order valence-corrected chi connectivity index (χ2v) is 8.41. The Morgan fingerprint density at radius 1 is 0.724 bits per heavy atom.